The largest absolute Gasteiger partial charge is 0.325 e. The van der Waals surface area contributed by atoms with Crippen molar-refractivity contribution in [1.82, 2.24) is 0 Å². The van der Waals surface area contributed by atoms with E-state index >= 15 is 0 Å². The maximum absolute atomic E-state index is 12.3. The number of carbonyl (C=O) groups is 2. The SMILES string of the molecule is CCc1cccc(NC(=O)[C@@H](C)SCC(=O)Nc2ccc(C)cc2)c1. The Bertz CT molecular complexity index is 729. The van der Waals surface area contributed by atoms with E-state index in [1.165, 1.54) is 17.3 Å². The number of carbonyl (C=O) groups excluding carboxylic acids is 2. The van der Waals surface area contributed by atoms with Gasteiger partial charge >= 0.3 is 0 Å². The number of hydrogen-bond acceptors (Lipinski definition) is 3. The molecule has 0 fully saturated rings. The molecule has 2 aromatic rings. The van der Waals surface area contributed by atoms with Gasteiger partial charge in [0.1, 0.15) is 0 Å². The fraction of sp³-hybridized carbons (Fsp3) is 0.300. The summed E-state index contributed by atoms with van der Waals surface area (Å²) in [5.74, 6) is 0.0279. The van der Waals surface area contributed by atoms with Gasteiger partial charge in [0.05, 0.1) is 11.0 Å². The zero-order valence-electron chi connectivity index (χ0n) is 14.8. The molecule has 0 aromatic heterocycles. The molecule has 0 saturated carbocycles. The Morgan fingerprint density at radius 1 is 1.04 bits per heavy atom. The minimum atomic E-state index is -0.311. The first-order valence-corrected chi connectivity index (χ1v) is 9.40. The molecule has 2 rings (SSSR count). The number of anilines is 2. The highest BCUT2D eigenvalue weighted by atomic mass is 32.2. The Morgan fingerprint density at radius 2 is 1.76 bits per heavy atom. The number of aryl methyl sites for hydroxylation is 2. The summed E-state index contributed by atoms with van der Waals surface area (Å²) < 4.78 is 0. The van der Waals surface area contributed by atoms with Crippen LogP contribution in [0.25, 0.3) is 0 Å². The van der Waals surface area contributed by atoms with Crippen LogP contribution in [0.5, 0.6) is 0 Å². The summed E-state index contributed by atoms with van der Waals surface area (Å²) in [6, 6.07) is 15.4. The van der Waals surface area contributed by atoms with Crippen molar-refractivity contribution in [2.24, 2.45) is 0 Å². The van der Waals surface area contributed by atoms with Gasteiger partial charge in [-0.2, -0.15) is 0 Å². The van der Waals surface area contributed by atoms with Crippen LogP contribution in [0.4, 0.5) is 11.4 Å². The van der Waals surface area contributed by atoms with Crippen molar-refractivity contribution in [2.45, 2.75) is 32.4 Å². The van der Waals surface area contributed by atoms with Gasteiger partial charge in [-0.25, -0.2) is 0 Å². The van der Waals surface area contributed by atoms with Crippen LogP contribution in [-0.2, 0) is 16.0 Å². The standard InChI is InChI=1S/C20H24N2O2S/c1-4-16-6-5-7-18(12-16)22-20(24)15(3)25-13-19(23)21-17-10-8-14(2)9-11-17/h5-12,15H,4,13H2,1-3H3,(H,21,23)(H,22,24)/t15-/m1/s1. The average Bonchev–Trinajstić information content (AvgIpc) is 2.61. The number of benzene rings is 2. The van der Waals surface area contributed by atoms with Crippen LogP contribution in [0.1, 0.15) is 25.0 Å². The molecule has 5 heteroatoms. The highest BCUT2D eigenvalue weighted by Crippen LogP contribution is 2.16. The van der Waals surface area contributed by atoms with Crippen molar-refractivity contribution in [3.8, 4) is 0 Å². The van der Waals surface area contributed by atoms with Gasteiger partial charge in [0.2, 0.25) is 11.8 Å². The third kappa shape index (κ3) is 6.27. The molecule has 1 atom stereocenters. The van der Waals surface area contributed by atoms with Crippen molar-refractivity contribution >= 4 is 35.0 Å². The summed E-state index contributed by atoms with van der Waals surface area (Å²) in [6.07, 6.45) is 0.924. The van der Waals surface area contributed by atoms with Crippen LogP contribution in [0.2, 0.25) is 0 Å². The van der Waals surface area contributed by atoms with E-state index in [0.717, 1.165) is 23.4 Å². The van der Waals surface area contributed by atoms with Crippen LogP contribution in [0.15, 0.2) is 48.5 Å². The first kappa shape index (κ1) is 19.1. The van der Waals surface area contributed by atoms with E-state index < -0.39 is 0 Å². The summed E-state index contributed by atoms with van der Waals surface area (Å²) in [6.45, 7) is 5.88. The van der Waals surface area contributed by atoms with E-state index in [2.05, 4.69) is 17.6 Å². The predicted molar refractivity (Wildman–Crippen MR) is 106 cm³/mol. The van der Waals surface area contributed by atoms with Gasteiger partial charge < -0.3 is 10.6 Å². The van der Waals surface area contributed by atoms with Gasteiger partial charge in [-0.3, -0.25) is 9.59 Å². The van der Waals surface area contributed by atoms with Crippen LogP contribution < -0.4 is 10.6 Å². The van der Waals surface area contributed by atoms with Crippen molar-refractivity contribution in [1.29, 1.82) is 0 Å². The summed E-state index contributed by atoms with van der Waals surface area (Å²) in [4.78, 5) is 24.3. The monoisotopic (exact) mass is 356 g/mol. The molecule has 132 valence electrons. The second kappa shape index (κ2) is 9.28. The van der Waals surface area contributed by atoms with E-state index in [1.807, 2.05) is 62.4 Å². The number of hydrogen-bond donors (Lipinski definition) is 2. The first-order chi connectivity index (χ1) is 12.0. The van der Waals surface area contributed by atoms with Crippen LogP contribution in [0.3, 0.4) is 0 Å². The molecule has 0 aliphatic rings. The van der Waals surface area contributed by atoms with Gasteiger partial charge in [0.25, 0.3) is 0 Å². The summed E-state index contributed by atoms with van der Waals surface area (Å²) >= 11 is 1.32. The van der Waals surface area contributed by atoms with Crippen molar-refractivity contribution in [3.63, 3.8) is 0 Å². The Balaban J connectivity index is 1.80. The molecule has 0 aliphatic carbocycles. The Morgan fingerprint density at radius 3 is 2.44 bits per heavy atom. The molecule has 0 spiro atoms. The van der Waals surface area contributed by atoms with Gasteiger partial charge in [0, 0.05) is 11.4 Å². The van der Waals surface area contributed by atoms with Gasteiger partial charge in [0.15, 0.2) is 0 Å². The molecule has 25 heavy (non-hydrogen) atoms. The number of amides is 2. The molecule has 0 unspecified atom stereocenters. The van der Waals surface area contributed by atoms with Gasteiger partial charge in [-0.15, -0.1) is 11.8 Å². The zero-order valence-corrected chi connectivity index (χ0v) is 15.7. The summed E-state index contributed by atoms with van der Waals surface area (Å²) in [7, 11) is 0. The lowest BCUT2D eigenvalue weighted by Crippen LogP contribution is -2.25. The van der Waals surface area contributed by atoms with Crippen LogP contribution >= 0.6 is 11.8 Å². The highest BCUT2D eigenvalue weighted by Gasteiger charge is 2.15. The minimum absolute atomic E-state index is 0.0959. The Hall–Kier alpha value is -2.27. The van der Waals surface area contributed by atoms with Crippen LogP contribution in [0, 0.1) is 6.92 Å². The smallest absolute Gasteiger partial charge is 0.237 e. The molecule has 0 heterocycles. The minimum Gasteiger partial charge on any atom is -0.325 e. The predicted octanol–water partition coefficient (Wildman–Crippen LogP) is 4.26. The second-order valence-electron chi connectivity index (χ2n) is 5.91. The fourth-order valence-electron chi connectivity index (χ4n) is 2.22. The van der Waals surface area contributed by atoms with E-state index in [0.29, 0.717) is 0 Å². The lowest BCUT2D eigenvalue weighted by atomic mass is 10.1. The molecule has 4 nitrogen and oxygen atoms in total. The molecule has 0 bridgehead atoms. The third-order valence-electron chi connectivity index (χ3n) is 3.77. The summed E-state index contributed by atoms with van der Waals surface area (Å²) in [5.41, 5.74) is 3.88. The lowest BCUT2D eigenvalue weighted by Gasteiger charge is -2.13. The fourth-order valence-corrected chi connectivity index (χ4v) is 2.91. The molecule has 0 saturated heterocycles. The average molecular weight is 356 g/mol. The lowest BCUT2D eigenvalue weighted by molar-refractivity contribution is -0.115. The first-order valence-electron chi connectivity index (χ1n) is 8.36. The molecule has 0 aliphatic heterocycles. The topological polar surface area (TPSA) is 58.2 Å². The van der Waals surface area contributed by atoms with Gasteiger partial charge in [-0.1, -0.05) is 36.8 Å². The highest BCUT2D eigenvalue weighted by molar-refractivity contribution is 8.01. The number of nitrogens with one attached hydrogen (secondary N) is 2. The van der Waals surface area contributed by atoms with E-state index in [-0.39, 0.29) is 22.8 Å². The third-order valence-corrected chi connectivity index (χ3v) is 4.91. The van der Waals surface area contributed by atoms with E-state index in [9.17, 15) is 9.59 Å². The van der Waals surface area contributed by atoms with E-state index in [1.54, 1.807) is 0 Å². The van der Waals surface area contributed by atoms with Crippen molar-refractivity contribution in [2.75, 3.05) is 16.4 Å². The molecular formula is C20H24N2O2S. The van der Waals surface area contributed by atoms with Crippen molar-refractivity contribution < 1.29 is 9.59 Å². The number of rotatable bonds is 7. The van der Waals surface area contributed by atoms with Crippen molar-refractivity contribution in [3.05, 3.63) is 59.7 Å². The maximum atomic E-state index is 12.3. The quantitative estimate of drug-likeness (QED) is 0.779. The van der Waals surface area contributed by atoms with Crippen LogP contribution in [-0.4, -0.2) is 22.8 Å². The normalized spacial score (nSPS) is 11.6. The molecular weight excluding hydrogens is 332 g/mol. The number of thioether (sulfide) groups is 1. The molecule has 0 radical (unpaired) electrons. The Kier molecular flexibility index (Phi) is 7.07. The molecule has 2 aromatic carbocycles. The van der Waals surface area contributed by atoms with E-state index in [4.69, 9.17) is 0 Å². The molecule has 2 N–H and O–H groups in total. The molecule has 2 amide bonds. The Labute approximate surface area is 153 Å². The second-order valence-corrected chi connectivity index (χ2v) is 7.24. The summed E-state index contributed by atoms with van der Waals surface area (Å²) in [5, 5.41) is 5.43. The maximum Gasteiger partial charge on any atom is 0.237 e. The zero-order chi connectivity index (χ0) is 18.2. The van der Waals surface area contributed by atoms with Gasteiger partial charge in [-0.05, 0) is 50.1 Å².